The van der Waals surface area contributed by atoms with E-state index in [2.05, 4.69) is 5.32 Å². The van der Waals surface area contributed by atoms with Gasteiger partial charge in [-0.1, -0.05) is 29.8 Å². The Bertz CT molecular complexity index is 770. The second kappa shape index (κ2) is 9.12. The molecular formula is C19H22Cl2N2O3. The van der Waals surface area contributed by atoms with Gasteiger partial charge in [-0.25, -0.2) is 0 Å². The molecule has 1 atom stereocenters. The summed E-state index contributed by atoms with van der Waals surface area (Å²) >= 11 is 6.37. The van der Waals surface area contributed by atoms with E-state index < -0.39 is 0 Å². The highest BCUT2D eigenvalue weighted by atomic mass is 35.5. The lowest BCUT2D eigenvalue weighted by molar-refractivity contribution is 0.0630. The highest BCUT2D eigenvalue weighted by Gasteiger charge is 2.31. The first-order valence-corrected chi connectivity index (χ1v) is 8.51. The van der Waals surface area contributed by atoms with Crippen LogP contribution in [0.1, 0.15) is 22.0 Å². The van der Waals surface area contributed by atoms with Crippen molar-refractivity contribution in [3.8, 4) is 11.5 Å². The van der Waals surface area contributed by atoms with Crippen LogP contribution in [0.25, 0.3) is 0 Å². The molecule has 0 saturated carbocycles. The second-order valence-electron chi connectivity index (χ2n) is 5.81. The van der Waals surface area contributed by atoms with Crippen LogP contribution < -0.4 is 14.8 Å². The Hall–Kier alpha value is -1.95. The van der Waals surface area contributed by atoms with Crippen molar-refractivity contribution >= 4 is 29.9 Å². The number of halogens is 2. The summed E-state index contributed by atoms with van der Waals surface area (Å²) in [4.78, 5) is 15.1. The van der Waals surface area contributed by atoms with Crippen LogP contribution in [0.4, 0.5) is 0 Å². The van der Waals surface area contributed by atoms with E-state index in [0.717, 1.165) is 12.1 Å². The Morgan fingerprint density at radius 1 is 1.19 bits per heavy atom. The number of nitrogens with zero attached hydrogens (tertiary/aromatic N) is 1. The summed E-state index contributed by atoms with van der Waals surface area (Å²) in [5.41, 5.74) is 1.42. The van der Waals surface area contributed by atoms with E-state index in [1.807, 2.05) is 29.2 Å². The fourth-order valence-electron chi connectivity index (χ4n) is 3.11. The summed E-state index contributed by atoms with van der Waals surface area (Å²) in [6, 6.07) is 12.7. The van der Waals surface area contributed by atoms with Gasteiger partial charge in [-0.3, -0.25) is 4.79 Å². The van der Waals surface area contributed by atoms with E-state index in [-0.39, 0.29) is 24.4 Å². The normalized spacial score (nSPS) is 16.6. The Kier molecular flexibility index (Phi) is 7.14. The zero-order valence-corrected chi connectivity index (χ0v) is 16.3. The molecule has 26 heavy (non-hydrogen) atoms. The third kappa shape index (κ3) is 4.06. The topological polar surface area (TPSA) is 50.8 Å². The van der Waals surface area contributed by atoms with Crippen molar-refractivity contribution in [1.29, 1.82) is 0 Å². The molecule has 7 heteroatoms. The molecule has 2 aromatic rings. The van der Waals surface area contributed by atoms with Gasteiger partial charge in [0.25, 0.3) is 5.91 Å². The van der Waals surface area contributed by atoms with E-state index in [0.29, 0.717) is 35.2 Å². The van der Waals surface area contributed by atoms with Gasteiger partial charge in [-0.15, -0.1) is 12.4 Å². The molecule has 1 saturated heterocycles. The number of rotatable bonds is 4. The number of carbonyl (C=O) groups excluding carboxylic acids is 1. The molecule has 2 aromatic carbocycles. The maximum Gasteiger partial charge on any atom is 0.258 e. The van der Waals surface area contributed by atoms with E-state index >= 15 is 0 Å². The number of nitrogens with one attached hydrogen (secondary N) is 1. The van der Waals surface area contributed by atoms with Crippen molar-refractivity contribution in [2.24, 2.45) is 0 Å². The fourth-order valence-corrected chi connectivity index (χ4v) is 3.37. The number of methoxy groups -OCH3 is 2. The minimum Gasteiger partial charge on any atom is -0.497 e. The molecular weight excluding hydrogens is 375 g/mol. The number of carbonyl (C=O) groups is 1. The molecule has 5 nitrogen and oxygen atoms in total. The van der Waals surface area contributed by atoms with Crippen LogP contribution in [0, 0.1) is 0 Å². The van der Waals surface area contributed by atoms with Crippen molar-refractivity contribution in [3.63, 3.8) is 0 Å². The Morgan fingerprint density at radius 3 is 2.65 bits per heavy atom. The lowest BCUT2D eigenvalue weighted by Gasteiger charge is -2.37. The van der Waals surface area contributed by atoms with Gasteiger partial charge in [0.05, 0.1) is 25.8 Å². The predicted molar refractivity (Wildman–Crippen MR) is 105 cm³/mol. The van der Waals surface area contributed by atoms with Crippen LogP contribution >= 0.6 is 24.0 Å². The van der Waals surface area contributed by atoms with Gasteiger partial charge >= 0.3 is 0 Å². The standard InChI is InChI=1S/C19H21ClN2O3.ClH/c1-24-13-7-8-18(25-2)15(11-13)19(23)22-10-9-21-12-17(22)14-5-3-4-6-16(14)20;/h3-8,11,17,21H,9-10,12H2,1-2H3;1H. The molecule has 1 unspecified atom stereocenters. The van der Waals surface area contributed by atoms with Gasteiger partial charge in [0.15, 0.2) is 0 Å². The molecule has 1 amide bonds. The molecule has 0 spiro atoms. The molecule has 3 rings (SSSR count). The Morgan fingerprint density at radius 2 is 1.96 bits per heavy atom. The van der Waals surface area contributed by atoms with Crippen LogP contribution in [0.2, 0.25) is 5.02 Å². The van der Waals surface area contributed by atoms with Gasteiger partial charge < -0.3 is 19.7 Å². The Balaban J connectivity index is 0.00000243. The first-order chi connectivity index (χ1) is 12.2. The van der Waals surface area contributed by atoms with Crippen LogP contribution in [0.5, 0.6) is 11.5 Å². The van der Waals surface area contributed by atoms with Gasteiger partial charge in [-0.05, 0) is 29.8 Å². The average molecular weight is 397 g/mol. The first-order valence-electron chi connectivity index (χ1n) is 8.14. The Labute approximate surface area is 164 Å². The predicted octanol–water partition coefficient (Wildman–Crippen LogP) is 3.57. The van der Waals surface area contributed by atoms with Gasteiger partial charge in [-0.2, -0.15) is 0 Å². The smallest absolute Gasteiger partial charge is 0.258 e. The van der Waals surface area contributed by atoms with Crippen molar-refractivity contribution in [2.75, 3.05) is 33.9 Å². The second-order valence-corrected chi connectivity index (χ2v) is 6.21. The lowest BCUT2D eigenvalue weighted by Crippen LogP contribution is -2.48. The minimum absolute atomic E-state index is 0. The molecule has 1 fully saturated rings. The van der Waals surface area contributed by atoms with Gasteiger partial charge in [0.1, 0.15) is 11.5 Å². The number of piperazine rings is 1. The number of hydrogen-bond acceptors (Lipinski definition) is 4. The minimum atomic E-state index is -0.133. The highest BCUT2D eigenvalue weighted by molar-refractivity contribution is 6.31. The molecule has 140 valence electrons. The van der Waals surface area contributed by atoms with Crippen molar-refractivity contribution in [1.82, 2.24) is 10.2 Å². The van der Waals surface area contributed by atoms with Crippen molar-refractivity contribution in [3.05, 3.63) is 58.6 Å². The van der Waals surface area contributed by atoms with Crippen LogP contribution in [0.3, 0.4) is 0 Å². The largest absolute Gasteiger partial charge is 0.497 e. The fraction of sp³-hybridized carbons (Fsp3) is 0.316. The van der Waals surface area contributed by atoms with E-state index in [4.69, 9.17) is 21.1 Å². The third-order valence-electron chi connectivity index (χ3n) is 4.41. The lowest BCUT2D eigenvalue weighted by atomic mass is 10.0. The zero-order chi connectivity index (χ0) is 17.8. The van der Waals surface area contributed by atoms with Crippen LogP contribution in [0.15, 0.2) is 42.5 Å². The third-order valence-corrected chi connectivity index (χ3v) is 4.75. The maximum atomic E-state index is 13.3. The van der Waals surface area contributed by atoms with Gasteiger partial charge in [0, 0.05) is 24.7 Å². The molecule has 1 aliphatic rings. The molecule has 1 N–H and O–H groups in total. The maximum absolute atomic E-state index is 13.3. The van der Waals surface area contributed by atoms with Crippen LogP contribution in [-0.2, 0) is 0 Å². The SMILES string of the molecule is COc1ccc(OC)c(C(=O)N2CCNCC2c2ccccc2Cl)c1.Cl. The zero-order valence-electron chi connectivity index (χ0n) is 14.7. The van der Waals surface area contributed by atoms with E-state index in [1.54, 1.807) is 32.4 Å². The molecule has 0 aromatic heterocycles. The molecule has 0 radical (unpaired) electrons. The molecule has 0 bridgehead atoms. The van der Waals surface area contributed by atoms with E-state index in [1.165, 1.54) is 0 Å². The number of amides is 1. The van der Waals surface area contributed by atoms with E-state index in [9.17, 15) is 4.79 Å². The summed E-state index contributed by atoms with van der Waals surface area (Å²) in [5.74, 6) is 1.05. The molecule has 0 aliphatic carbocycles. The van der Waals surface area contributed by atoms with Crippen LogP contribution in [-0.4, -0.2) is 44.7 Å². The number of ether oxygens (including phenoxy) is 2. The average Bonchev–Trinajstić information content (AvgIpc) is 2.67. The van der Waals surface area contributed by atoms with Gasteiger partial charge in [0.2, 0.25) is 0 Å². The number of hydrogen-bond donors (Lipinski definition) is 1. The molecule has 1 heterocycles. The summed E-state index contributed by atoms with van der Waals surface area (Å²) < 4.78 is 10.6. The summed E-state index contributed by atoms with van der Waals surface area (Å²) in [7, 11) is 3.13. The summed E-state index contributed by atoms with van der Waals surface area (Å²) in [6.07, 6.45) is 0. The summed E-state index contributed by atoms with van der Waals surface area (Å²) in [6.45, 7) is 1.98. The summed E-state index contributed by atoms with van der Waals surface area (Å²) in [5, 5.41) is 4.00. The molecule has 1 aliphatic heterocycles. The number of benzene rings is 2. The first kappa shape index (κ1) is 20.4. The van der Waals surface area contributed by atoms with Crippen molar-refractivity contribution in [2.45, 2.75) is 6.04 Å². The van der Waals surface area contributed by atoms with Crippen molar-refractivity contribution < 1.29 is 14.3 Å². The monoisotopic (exact) mass is 396 g/mol. The highest BCUT2D eigenvalue weighted by Crippen LogP contribution is 2.32. The quantitative estimate of drug-likeness (QED) is 0.857.